The molecule has 3 heterocycles. The van der Waals surface area contributed by atoms with Crippen LogP contribution in [0.5, 0.6) is 5.75 Å². The molecule has 9 heteroatoms. The molecule has 9 nitrogen and oxygen atoms in total. The molecule has 2 fully saturated rings. The van der Waals surface area contributed by atoms with Crippen LogP contribution in [0.3, 0.4) is 0 Å². The van der Waals surface area contributed by atoms with E-state index in [0.717, 1.165) is 75.0 Å². The van der Waals surface area contributed by atoms with Gasteiger partial charge in [-0.05, 0) is 38.9 Å². The maximum atomic E-state index is 9.96. The lowest BCUT2D eigenvalue weighted by Crippen LogP contribution is -2.44. The summed E-state index contributed by atoms with van der Waals surface area (Å²) in [4.78, 5) is 12.3. The normalized spacial score (nSPS) is 18.2. The van der Waals surface area contributed by atoms with Crippen LogP contribution in [0.1, 0.15) is 18.4 Å². The van der Waals surface area contributed by atoms with E-state index in [9.17, 15) is 5.11 Å². The highest BCUT2D eigenvalue weighted by Crippen LogP contribution is 2.30. The number of aliphatic hydroxyl groups is 1. The SMILES string of the molecule is CNCC(O)COc1cccc(-c2nc(NC3CCOCC3)c(C)c(N3CCNCC3)n2)c1. The van der Waals surface area contributed by atoms with Crippen molar-refractivity contribution in [3.8, 4) is 17.1 Å². The van der Waals surface area contributed by atoms with Crippen LogP contribution in [0, 0.1) is 6.92 Å². The zero-order valence-electron chi connectivity index (χ0n) is 19.6. The van der Waals surface area contributed by atoms with E-state index in [1.807, 2.05) is 24.3 Å². The van der Waals surface area contributed by atoms with E-state index in [4.69, 9.17) is 19.4 Å². The van der Waals surface area contributed by atoms with Gasteiger partial charge in [0.15, 0.2) is 5.82 Å². The van der Waals surface area contributed by atoms with Gasteiger partial charge in [0.05, 0.1) is 0 Å². The monoisotopic (exact) mass is 456 g/mol. The van der Waals surface area contributed by atoms with E-state index in [-0.39, 0.29) is 6.61 Å². The van der Waals surface area contributed by atoms with E-state index in [1.54, 1.807) is 7.05 Å². The lowest BCUT2D eigenvalue weighted by Gasteiger charge is -2.31. The van der Waals surface area contributed by atoms with Crippen LogP contribution in [0.4, 0.5) is 11.6 Å². The van der Waals surface area contributed by atoms with E-state index in [1.165, 1.54) is 0 Å². The van der Waals surface area contributed by atoms with Crippen molar-refractivity contribution < 1.29 is 14.6 Å². The number of hydrogen-bond donors (Lipinski definition) is 4. The summed E-state index contributed by atoms with van der Waals surface area (Å²) in [7, 11) is 1.81. The Morgan fingerprint density at radius 1 is 1.24 bits per heavy atom. The largest absolute Gasteiger partial charge is 0.491 e. The molecule has 1 aromatic carbocycles. The predicted molar refractivity (Wildman–Crippen MR) is 130 cm³/mol. The second-order valence-electron chi connectivity index (χ2n) is 8.66. The molecule has 0 saturated carbocycles. The Hall–Kier alpha value is -2.46. The van der Waals surface area contributed by atoms with Crippen molar-refractivity contribution in [2.75, 3.05) is 69.8 Å². The topological polar surface area (TPSA) is 104 Å². The number of anilines is 2. The minimum Gasteiger partial charge on any atom is -0.491 e. The van der Waals surface area contributed by atoms with E-state index in [0.29, 0.717) is 24.2 Å². The van der Waals surface area contributed by atoms with E-state index < -0.39 is 6.10 Å². The first-order valence-electron chi connectivity index (χ1n) is 11.9. The van der Waals surface area contributed by atoms with Crippen LogP contribution in [0.25, 0.3) is 11.4 Å². The van der Waals surface area contributed by atoms with Gasteiger partial charge in [0.2, 0.25) is 0 Å². The van der Waals surface area contributed by atoms with Gasteiger partial charge in [-0.1, -0.05) is 12.1 Å². The third kappa shape index (κ3) is 6.32. The summed E-state index contributed by atoms with van der Waals surface area (Å²) in [5, 5.41) is 20.0. The van der Waals surface area contributed by atoms with Crippen LogP contribution in [0.2, 0.25) is 0 Å². The molecule has 0 radical (unpaired) electrons. The first-order chi connectivity index (χ1) is 16.1. The summed E-state index contributed by atoms with van der Waals surface area (Å²) in [5.41, 5.74) is 1.97. The zero-order chi connectivity index (χ0) is 23.0. The molecule has 2 aromatic rings. The standard InChI is InChI=1S/C24H36N6O3/c1-17-22(27-19-6-12-32-13-7-19)28-23(29-24(17)30-10-8-26-9-11-30)18-4-3-5-21(14-18)33-16-20(31)15-25-2/h3-5,14,19-20,25-26,31H,6-13,15-16H2,1-2H3,(H,27,28,29). The third-order valence-electron chi connectivity index (χ3n) is 6.07. The first kappa shape index (κ1) is 23.7. The maximum absolute atomic E-state index is 9.96. The molecule has 2 saturated heterocycles. The summed E-state index contributed by atoms with van der Waals surface area (Å²) >= 11 is 0. The zero-order valence-corrected chi connectivity index (χ0v) is 19.6. The lowest BCUT2D eigenvalue weighted by molar-refractivity contribution is 0.0904. The molecule has 4 N–H and O–H groups in total. The Morgan fingerprint density at radius 3 is 2.79 bits per heavy atom. The molecule has 0 spiro atoms. The second kappa shape index (κ2) is 11.6. The molecule has 33 heavy (non-hydrogen) atoms. The van der Waals surface area contributed by atoms with Crippen molar-refractivity contribution in [2.24, 2.45) is 0 Å². The molecule has 1 aromatic heterocycles. The van der Waals surface area contributed by atoms with Gasteiger partial charge in [0, 0.05) is 63.1 Å². The number of piperazine rings is 1. The highest BCUT2D eigenvalue weighted by atomic mass is 16.5. The Morgan fingerprint density at radius 2 is 2.03 bits per heavy atom. The van der Waals surface area contributed by atoms with Gasteiger partial charge in [-0.3, -0.25) is 0 Å². The van der Waals surface area contributed by atoms with E-state index >= 15 is 0 Å². The first-order valence-corrected chi connectivity index (χ1v) is 11.9. The predicted octanol–water partition coefficient (Wildman–Crippen LogP) is 1.41. The molecule has 0 aliphatic carbocycles. The average Bonchev–Trinajstić information content (AvgIpc) is 2.85. The molecule has 4 rings (SSSR count). The molecule has 1 unspecified atom stereocenters. The number of rotatable bonds is 9. The summed E-state index contributed by atoms with van der Waals surface area (Å²) in [6.07, 6.45) is 1.38. The Kier molecular flexibility index (Phi) is 8.33. The fraction of sp³-hybridized carbons (Fsp3) is 0.583. The number of aromatic nitrogens is 2. The number of ether oxygens (including phenoxy) is 2. The number of hydrogen-bond acceptors (Lipinski definition) is 9. The van der Waals surface area contributed by atoms with Gasteiger partial charge in [-0.15, -0.1) is 0 Å². The Labute approximate surface area is 195 Å². The molecule has 2 aliphatic heterocycles. The molecule has 0 bridgehead atoms. The summed E-state index contributed by atoms with van der Waals surface area (Å²) in [6.45, 7) is 8.08. The number of likely N-dealkylation sites (N-methyl/N-ethyl adjacent to an activating group) is 1. The molecular formula is C24H36N6O3. The highest BCUT2D eigenvalue weighted by molar-refractivity contribution is 5.67. The molecule has 2 aliphatic rings. The van der Waals surface area contributed by atoms with Crippen LogP contribution in [-0.4, -0.2) is 86.8 Å². The van der Waals surface area contributed by atoms with Crippen LogP contribution in [0.15, 0.2) is 24.3 Å². The van der Waals surface area contributed by atoms with Crippen LogP contribution >= 0.6 is 0 Å². The number of nitrogens with zero attached hydrogens (tertiary/aromatic N) is 3. The van der Waals surface area contributed by atoms with Gasteiger partial charge in [-0.2, -0.15) is 0 Å². The Balaban J connectivity index is 1.62. The van der Waals surface area contributed by atoms with Crippen LogP contribution < -0.4 is 25.6 Å². The van der Waals surface area contributed by atoms with Gasteiger partial charge in [-0.25, -0.2) is 9.97 Å². The number of aliphatic hydroxyl groups excluding tert-OH is 1. The van der Waals surface area contributed by atoms with Crippen molar-refractivity contribution in [1.82, 2.24) is 20.6 Å². The smallest absolute Gasteiger partial charge is 0.164 e. The van der Waals surface area contributed by atoms with Crippen molar-refractivity contribution in [3.63, 3.8) is 0 Å². The molecule has 180 valence electrons. The van der Waals surface area contributed by atoms with Crippen molar-refractivity contribution in [3.05, 3.63) is 29.8 Å². The van der Waals surface area contributed by atoms with Crippen molar-refractivity contribution in [1.29, 1.82) is 0 Å². The van der Waals surface area contributed by atoms with Crippen molar-refractivity contribution >= 4 is 11.6 Å². The van der Waals surface area contributed by atoms with E-state index in [2.05, 4.69) is 27.8 Å². The highest BCUT2D eigenvalue weighted by Gasteiger charge is 2.22. The van der Waals surface area contributed by atoms with Crippen LogP contribution in [-0.2, 0) is 4.74 Å². The maximum Gasteiger partial charge on any atom is 0.164 e. The van der Waals surface area contributed by atoms with Gasteiger partial charge in [0.25, 0.3) is 0 Å². The second-order valence-corrected chi connectivity index (χ2v) is 8.66. The Bertz CT molecular complexity index is 900. The minimum atomic E-state index is -0.566. The fourth-order valence-corrected chi connectivity index (χ4v) is 4.21. The van der Waals surface area contributed by atoms with Gasteiger partial charge in [0.1, 0.15) is 30.1 Å². The van der Waals surface area contributed by atoms with Crippen molar-refractivity contribution in [2.45, 2.75) is 31.9 Å². The number of benzene rings is 1. The molecule has 1 atom stereocenters. The molecular weight excluding hydrogens is 420 g/mol. The summed E-state index contributed by atoms with van der Waals surface area (Å²) < 4.78 is 11.3. The third-order valence-corrected chi connectivity index (χ3v) is 6.07. The summed E-state index contributed by atoms with van der Waals surface area (Å²) in [5.74, 6) is 3.22. The molecule has 0 amide bonds. The fourth-order valence-electron chi connectivity index (χ4n) is 4.21. The number of nitrogens with one attached hydrogen (secondary N) is 3. The lowest BCUT2D eigenvalue weighted by atomic mass is 10.1. The van der Waals surface area contributed by atoms with Gasteiger partial charge < -0.3 is 35.4 Å². The average molecular weight is 457 g/mol. The summed E-state index contributed by atoms with van der Waals surface area (Å²) in [6, 6.07) is 8.12. The minimum absolute atomic E-state index is 0.224. The van der Waals surface area contributed by atoms with Gasteiger partial charge >= 0.3 is 0 Å². The quantitative estimate of drug-likeness (QED) is 0.446.